The molecule has 2 aliphatic rings. The van der Waals surface area contributed by atoms with E-state index in [0.29, 0.717) is 13.1 Å². The first-order valence-electron chi connectivity index (χ1n) is 10.8. The topological polar surface area (TPSA) is 86.3 Å². The predicted octanol–water partition coefficient (Wildman–Crippen LogP) is 0.728. The van der Waals surface area contributed by atoms with Crippen molar-refractivity contribution < 1.29 is 13.2 Å². The van der Waals surface area contributed by atoms with Crippen LogP contribution in [-0.4, -0.2) is 95.7 Å². The van der Waals surface area contributed by atoms with Crippen molar-refractivity contribution in [3.63, 3.8) is 0 Å². The van der Waals surface area contributed by atoms with Crippen molar-refractivity contribution in [2.24, 2.45) is 4.99 Å². The SMILES string of the molecule is CN=C(NCCN1CCS(=O)(=O)CC1)NCC(c1ccccc1OC)N1CCCC1. The molecule has 3 rings (SSSR count). The Balaban J connectivity index is 1.53. The molecule has 1 aromatic carbocycles. The van der Waals surface area contributed by atoms with Gasteiger partial charge < -0.3 is 15.4 Å². The number of aliphatic imine (C=N–C) groups is 1. The summed E-state index contributed by atoms with van der Waals surface area (Å²) in [5, 5.41) is 6.84. The van der Waals surface area contributed by atoms with Gasteiger partial charge in [0.15, 0.2) is 15.8 Å². The van der Waals surface area contributed by atoms with Gasteiger partial charge in [0.25, 0.3) is 0 Å². The van der Waals surface area contributed by atoms with E-state index in [2.05, 4.69) is 37.6 Å². The summed E-state index contributed by atoms with van der Waals surface area (Å²) >= 11 is 0. The van der Waals surface area contributed by atoms with E-state index in [9.17, 15) is 8.42 Å². The van der Waals surface area contributed by atoms with Crippen LogP contribution in [0.3, 0.4) is 0 Å². The summed E-state index contributed by atoms with van der Waals surface area (Å²) < 4.78 is 28.7. The first kappa shape index (κ1) is 22.8. The summed E-state index contributed by atoms with van der Waals surface area (Å²) in [6.07, 6.45) is 2.45. The number of rotatable bonds is 8. The smallest absolute Gasteiger partial charge is 0.191 e. The monoisotopic (exact) mass is 437 g/mol. The highest BCUT2D eigenvalue weighted by atomic mass is 32.2. The Morgan fingerprint density at radius 2 is 1.83 bits per heavy atom. The van der Waals surface area contributed by atoms with Gasteiger partial charge in [0.1, 0.15) is 5.75 Å². The Labute approximate surface area is 180 Å². The molecule has 8 nitrogen and oxygen atoms in total. The van der Waals surface area contributed by atoms with Crippen molar-refractivity contribution in [3.05, 3.63) is 29.8 Å². The summed E-state index contributed by atoms with van der Waals surface area (Å²) in [5.41, 5.74) is 1.19. The zero-order chi connectivity index (χ0) is 21.4. The van der Waals surface area contributed by atoms with Crippen molar-refractivity contribution in [1.29, 1.82) is 0 Å². The number of hydrogen-bond donors (Lipinski definition) is 2. The molecular weight excluding hydrogens is 402 g/mol. The van der Waals surface area contributed by atoms with Crippen molar-refractivity contribution in [1.82, 2.24) is 20.4 Å². The van der Waals surface area contributed by atoms with E-state index in [-0.39, 0.29) is 17.5 Å². The molecule has 2 heterocycles. The lowest BCUT2D eigenvalue weighted by Gasteiger charge is -2.30. The number of benzene rings is 1. The second-order valence-electron chi connectivity index (χ2n) is 7.87. The molecule has 0 amide bonds. The third-order valence-corrected chi connectivity index (χ3v) is 7.53. The molecule has 168 valence electrons. The Morgan fingerprint density at radius 1 is 1.13 bits per heavy atom. The molecule has 0 aliphatic carbocycles. The van der Waals surface area contributed by atoms with Gasteiger partial charge in [-0.25, -0.2) is 8.42 Å². The van der Waals surface area contributed by atoms with Crippen molar-refractivity contribution in [3.8, 4) is 5.75 Å². The van der Waals surface area contributed by atoms with Crippen molar-refractivity contribution >= 4 is 15.8 Å². The molecule has 2 saturated heterocycles. The number of nitrogens with zero attached hydrogens (tertiary/aromatic N) is 3. The highest BCUT2D eigenvalue weighted by molar-refractivity contribution is 7.91. The van der Waals surface area contributed by atoms with E-state index in [1.54, 1.807) is 14.2 Å². The quantitative estimate of drug-likeness (QED) is 0.458. The van der Waals surface area contributed by atoms with Gasteiger partial charge >= 0.3 is 0 Å². The average molecular weight is 438 g/mol. The summed E-state index contributed by atoms with van der Waals surface area (Å²) in [6, 6.07) is 8.44. The number of ether oxygens (including phenoxy) is 1. The lowest BCUT2D eigenvalue weighted by molar-refractivity contribution is 0.239. The minimum atomic E-state index is -2.83. The summed E-state index contributed by atoms with van der Waals surface area (Å²) in [6.45, 7) is 5.67. The molecule has 0 aromatic heterocycles. The molecule has 0 radical (unpaired) electrons. The van der Waals surface area contributed by atoms with Gasteiger partial charge in [-0.1, -0.05) is 18.2 Å². The zero-order valence-corrected chi connectivity index (χ0v) is 19.0. The Bertz CT molecular complexity index is 795. The van der Waals surface area contributed by atoms with Crippen LogP contribution in [0.4, 0.5) is 0 Å². The number of hydrogen-bond acceptors (Lipinski definition) is 6. The Kier molecular flexibility index (Phi) is 8.35. The summed E-state index contributed by atoms with van der Waals surface area (Å²) in [4.78, 5) is 9.05. The number of methoxy groups -OCH3 is 1. The van der Waals surface area contributed by atoms with Gasteiger partial charge in [0.05, 0.1) is 24.7 Å². The van der Waals surface area contributed by atoms with E-state index >= 15 is 0 Å². The predicted molar refractivity (Wildman–Crippen MR) is 121 cm³/mol. The number of guanidine groups is 1. The summed E-state index contributed by atoms with van der Waals surface area (Å²) in [7, 11) is 0.663. The molecule has 1 aromatic rings. The zero-order valence-electron chi connectivity index (χ0n) is 18.1. The highest BCUT2D eigenvalue weighted by Gasteiger charge is 2.26. The Hall–Kier alpha value is -1.84. The fraction of sp³-hybridized carbons (Fsp3) is 0.667. The third-order valence-electron chi connectivity index (χ3n) is 5.92. The maximum absolute atomic E-state index is 11.6. The molecule has 2 fully saturated rings. The van der Waals surface area contributed by atoms with Crippen LogP contribution < -0.4 is 15.4 Å². The third kappa shape index (κ3) is 6.33. The van der Waals surface area contributed by atoms with Crippen LogP contribution in [0.5, 0.6) is 5.75 Å². The first-order chi connectivity index (χ1) is 14.5. The van der Waals surface area contributed by atoms with Gasteiger partial charge in [-0.3, -0.25) is 14.8 Å². The maximum Gasteiger partial charge on any atom is 0.191 e. The van der Waals surface area contributed by atoms with E-state index in [1.807, 2.05) is 12.1 Å². The minimum Gasteiger partial charge on any atom is -0.496 e. The van der Waals surface area contributed by atoms with Crippen LogP contribution in [0.15, 0.2) is 29.3 Å². The van der Waals surface area contributed by atoms with Crippen LogP contribution in [0.1, 0.15) is 24.4 Å². The van der Waals surface area contributed by atoms with Gasteiger partial charge in [-0.15, -0.1) is 0 Å². The fourth-order valence-electron chi connectivity index (χ4n) is 4.15. The van der Waals surface area contributed by atoms with Crippen LogP contribution in [0.2, 0.25) is 0 Å². The molecule has 0 saturated carbocycles. The second-order valence-corrected chi connectivity index (χ2v) is 10.2. The number of nitrogens with one attached hydrogen (secondary N) is 2. The van der Waals surface area contributed by atoms with Gasteiger partial charge in [-0.2, -0.15) is 0 Å². The molecular formula is C21H35N5O3S. The molecule has 0 spiro atoms. The molecule has 2 aliphatic heterocycles. The Morgan fingerprint density at radius 3 is 2.50 bits per heavy atom. The molecule has 9 heteroatoms. The van der Waals surface area contributed by atoms with Crippen LogP contribution in [0, 0.1) is 0 Å². The largest absolute Gasteiger partial charge is 0.496 e. The van der Waals surface area contributed by atoms with Gasteiger partial charge in [0.2, 0.25) is 0 Å². The van der Waals surface area contributed by atoms with E-state index in [0.717, 1.165) is 44.4 Å². The maximum atomic E-state index is 11.6. The van der Waals surface area contributed by atoms with E-state index in [4.69, 9.17) is 4.74 Å². The van der Waals surface area contributed by atoms with Crippen LogP contribution in [-0.2, 0) is 9.84 Å². The van der Waals surface area contributed by atoms with Crippen LogP contribution >= 0.6 is 0 Å². The molecule has 2 N–H and O–H groups in total. The van der Waals surface area contributed by atoms with E-state index < -0.39 is 9.84 Å². The van der Waals surface area contributed by atoms with E-state index in [1.165, 1.54) is 18.4 Å². The average Bonchev–Trinajstić information content (AvgIpc) is 3.28. The standard InChI is InChI=1S/C21H35N5O3S/c1-22-21(23-9-12-25-13-15-30(27,28)16-14-25)24-17-19(26-10-5-6-11-26)18-7-3-4-8-20(18)29-2/h3-4,7-8,19H,5-6,9-17H2,1-2H3,(H2,22,23,24). The number of para-hydroxylation sites is 1. The lowest BCUT2D eigenvalue weighted by Crippen LogP contribution is -2.47. The van der Waals surface area contributed by atoms with Crippen LogP contribution in [0.25, 0.3) is 0 Å². The second kappa shape index (κ2) is 11.0. The molecule has 0 bridgehead atoms. The van der Waals surface area contributed by atoms with Gasteiger partial charge in [0, 0.05) is 45.3 Å². The molecule has 1 atom stereocenters. The number of sulfone groups is 1. The first-order valence-corrected chi connectivity index (χ1v) is 12.6. The van der Waals surface area contributed by atoms with Crippen molar-refractivity contribution in [2.75, 3.05) is 71.5 Å². The normalized spacial score (nSPS) is 21.3. The fourth-order valence-corrected chi connectivity index (χ4v) is 5.43. The summed E-state index contributed by atoms with van der Waals surface area (Å²) in [5.74, 6) is 2.20. The minimum absolute atomic E-state index is 0.217. The molecule has 30 heavy (non-hydrogen) atoms. The number of likely N-dealkylation sites (tertiary alicyclic amines) is 1. The molecule has 1 unspecified atom stereocenters. The highest BCUT2D eigenvalue weighted by Crippen LogP contribution is 2.31. The van der Waals surface area contributed by atoms with Crippen molar-refractivity contribution in [2.45, 2.75) is 18.9 Å². The van der Waals surface area contributed by atoms with Gasteiger partial charge in [-0.05, 0) is 32.0 Å². The lowest BCUT2D eigenvalue weighted by atomic mass is 10.0.